The van der Waals surface area contributed by atoms with Gasteiger partial charge in [0, 0.05) is 38.4 Å². The number of hydrogen-bond acceptors (Lipinski definition) is 4. The van der Waals surface area contributed by atoms with Crippen LogP contribution >= 0.6 is 0 Å². The average Bonchev–Trinajstić information content (AvgIpc) is 2.80. The molecule has 0 bridgehead atoms. The zero-order valence-corrected chi connectivity index (χ0v) is 10.6. The Hall–Kier alpha value is -1.00. The zero-order valence-electron chi connectivity index (χ0n) is 10.6. The van der Waals surface area contributed by atoms with E-state index in [0.29, 0.717) is 12.0 Å². The summed E-state index contributed by atoms with van der Waals surface area (Å²) in [5, 5.41) is 3.37. The van der Waals surface area contributed by atoms with Crippen LogP contribution in [0.15, 0.2) is 12.3 Å². The molecule has 1 aromatic rings. The summed E-state index contributed by atoms with van der Waals surface area (Å²) in [6, 6.07) is 2.46. The largest absolute Gasteiger partial charge is 0.381 e. The smallest absolute Gasteiger partial charge is 0.128 e. The molecule has 0 saturated carbocycles. The lowest BCUT2D eigenvalue weighted by Crippen LogP contribution is -2.22. The number of nitrogens with zero attached hydrogens (tertiary/aromatic N) is 2. The minimum absolute atomic E-state index is 0.483. The first kappa shape index (κ1) is 12.5. The van der Waals surface area contributed by atoms with E-state index in [-0.39, 0.29) is 0 Å². The van der Waals surface area contributed by atoms with E-state index in [1.807, 2.05) is 12.3 Å². The summed E-state index contributed by atoms with van der Waals surface area (Å²) in [5.41, 5.74) is 1.07. The molecule has 1 atom stereocenters. The van der Waals surface area contributed by atoms with Gasteiger partial charge in [0.1, 0.15) is 5.82 Å². The minimum atomic E-state index is 0.483. The van der Waals surface area contributed by atoms with Gasteiger partial charge in [-0.15, -0.1) is 0 Å². The van der Waals surface area contributed by atoms with Gasteiger partial charge in [0.2, 0.25) is 0 Å². The van der Waals surface area contributed by atoms with Gasteiger partial charge in [0.25, 0.3) is 0 Å². The second-order valence-electron chi connectivity index (χ2n) is 4.93. The van der Waals surface area contributed by atoms with Crippen molar-refractivity contribution in [2.45, 2.75) is 39.3 Å². The standard InChI is InChI=1S/C13H21N3O/c1-10(2)15-8-12-3-5-14-13(16-12)7-11-4-6-17-9-11/h3,5,10-11,15H,4,6-9H2,1-2H3. The molecule has 1 aliphatic heterocycles. The van der Waals surface area contributed by atoms with Crippen LogP contribution in [-0.4, -0.2) is 29.2 Å². The highest BCUT2D eigenvalue weighted by molar-refractivity contribution is 5.03. The van der Waals surface area contributed by atoms with Crippen LogP contribution in [0.4, 0.5) is 0 Å². The highest BCUT2D eigenvalue weighted by Crippen LogP contribution is 2.16. The van der Waals surface area contributed by atoms with Crippen molar-refractivity contribution < 1.29 is 4.74 Å². The van der Waals surface area contributed by atoms with E-state index in [1.165, 1.54) is 0 Å². The first-order chi connectivity index (χ1) is 8.24. The van der Waals surface area contributed by atoms with Gasteiger partial charge in [-0.05, 0) is 18.4 Å². The molecule has 94 valence electrons. The molecule has 1 N–H and O–H groups in total. The van der Waals surface area contributed by atoms with Crippen LogP contribution in [0, 0.1) is 5.92 Å². The number of rotatable bonds is 5. The van der Waals surface area contributed by atoms with Gasteiger partial charge >= 0.3 is 0 Å². The highest BCUT2D eigenvalue weighted by Gasteiger charge is 2.17. The first-order valence-electron chi connectivity index (χ1n) is 6.36. The van der Waals surface area contributed by atoms with Gasteiger partial charge in [0.15, 0.2) is 0 Å². The molecule has 1 aliphatic rings. The van der Waals surface area contributed by atoms with E-state index in [4.69, 9.17) is 4.74 Å². The Bertz CT molecular complexity index is 348. The molecule has 2 heterocycles. The Morgan fingerprint density at radius 1 is 1.53 bits per heavy atom. The Kier molecular flexibility index (Phi) is 4.45. The Morgan fingerprint density at radius 2 is 2.41 bits per heavy atom. The van der Waals surface area contributed by atoms with Crippen LogP contribution in [0.25, 0.3) is 0 Å². The lowest BCUT2D eigenvalue weighted by molar-refractivity contribution is 0.185. The quantitative estimate of drug-likeness (QED) is 0.841. The molecular formula is C13H21N3O. The third kappa shape index (κ3) is 4.06. The van der Waals surface area contributed by atoms with Crippen molar-refractivity contribution >= 4 is 0 Å². The summed E-state index contributed by atoms with van der Waals surface area (Å²) in [6.07, 6.45) is 3.93. The summed E-state index contributed by atoms with van der Waals surface area (Å²) < 4.78 is 5.37. The van der Waals surface area contributed by atoms with Crippen LogP contribution in [-0.2, 0) is 17.7 Å². The lowest BCUT2D eigenvalue weighted by Gasteiger charge is -2.09. The predicted molar refractivity (Wildman–Crippen MR) is 66.6 cm³/mol. The van der Waals surface area contributed by atoms with Crippen molar-refractivity contribution in [1.29, 1.82) is 0 Å². The summed E-state index contributed by atoms with van der Waals surface area (Å²) in [7, 11) is 0. The number of nitrogens with one attached hydrogen (secondary N) is 1. The summed E-state index contributed by atoms with van der Waals surface area (Å²) in [6.45, 7) is 6.83. The average molecular weight is 235 g/mol. The van der Waals surface area contributed by atoms with Crippen molar-refractivity contribution in [3.8, 4) is 0 Å². The molecule has 1 aromatic heterocycles. The zero-order chi connectivity index (χ0) is 12.1. The summed E-state index contributed by atoms with van der Waals surface area (Å²) in [5.74, 6) is 1.55. The van der Waals surface area contributed by atoms with Crippen molar-refractivity contribution in [3.05, 3.63) is 23.8 Å². The van der Waals surface area contributed by atoms with E-state index in [2.05, 4.69) is 29.1 Å². The molecule has 0 aliphatic carbocycles. The first-order valence-corrected chi connectivity index (χ1v) is 6.36. The molecule has 1 saturated heterocycles. The van der Waals surface area contributed by atoms with Crippen molar-refractivity contribution in [2.75, 3.05) is 13.2 Å². The number of ether oxygens (including phenoxy) is 1. The van der Waals surface area contributed by atoms with Gasteiger partial charge in [-0.2, -0.15) is 0 Å². The van der Waals surface area contributed by atoms with Gasteiger partial charge in [-0.1, -0.05) is 13.8 Å². The number of hydrogen-bond donors (Lipinski definition) is 1. The third-order valence-corrected chi connectivity index (χ3v) is 2.95. The van der Waals surface area contributed by atoms with Crippen LogP contribution < -0.4 is 5.32 Å². The van der Waals surface area contributed by atoms with Crippen molar-refractivity contribution in [3.63, 3.8) is 0 Å². The van der Waals surface area contributed by atoms with Gasteiger partial charge in [-0.3, -0.25) is 0 Å². The molecule has 17 heavy (non-hydrogen) atoms. The van der Waals surface area contributed by atoms with E-state index < -0.39 is 0 Å². The topological polar surface area (TPSA) is 47.0 Å². The Balaban J connectivity index is 1.91. The normalized spacial score (nSPS) is 20.1. The Labute approximate surface area is 103 Å². The fourth-order valence-corrected chi connectivity index (χ4v) is 1.95. The maximum absolute atomic E-state index is 5.37. The molecule has 0 amide bonds. The van der Waals surface area contributed by atoms with E-state index in [9.17, 15) is 0 Å². The van der Waals surface area contributed by atoms with Crippen LogP contribution in [0.3, 0.4) is 0 Å². The lowest BCUT2D eigenvalue weighted by atomic mass is 10.0. The van der Waals surface area contributed by atoms with Gasteiger partial charge < -0.3 is 10.1 Å². The van der Waals surface area contributed by atoms with Crippen LogP contribution in [0.5, 0.6) is 0 Å². The van der Waals surface area contributed by atoms with E-state index in [1.54, 1.807) is 0 Å². The van der Waals surface area contributed by atoms with Crippen molar-refractivity contribution in [1.82, 2.24) is 15.3 Å². The minimum Gasteiger partial charge on any atom is -0.381 e. The molecule has 1 fully saturated rings. The van der Waals surface area contributed by atoms with E-state index in [0.717, 1.165) is 44.1 Å². The van der Waals surface area contributed by atoms with Crippen LogP contribution in [0.2, 0.25) is 0 Å². The Morgan fingerprint density at radius 3 is 3.12 bits per heavy atom. The highest BCUT2D eigenvalue weighted by atomic mass is 16.5. The van der Waals surface area contributed by atoms with Crippen LogP contribution in [0.1, 0.15) is 31.8 Å². The van der Waals surface area contributed by atoms with E-state index >= 15 is 0 Å². The monoisotopic (exact) mass is 235 g/mol. The molecule has 4 heteroatoms. The molecule has 4 nitrogen and oxygen atoms in total. The molecule has 0 radical (unpaired) electrons. The maximum atomic E-state index is 5.37. The second kappa shape index (κ2) is 6.07. The predicted octanol–water partition coefficient (Wildman–Crippen LogP) is 1.55. The molecule has 0 spiro atoms. The second-order valence-corrected chi connectivity index (χ2v) is 4.93. The SMILES string of the molecule is CC(C)NCc1ccnc(CC2CCOC2)n1. The third-order valence-electron chi connectivity index (χ3n) is 2.95. The fourth-order valence-electron chi connectivity index (χ4n) is 1.95. The molecular weight excluding hydrogens is 214 g/mol. The molecule has 1 unspecified atom stereocenters. The van der Waals surface area contributed by atoms with Gasteiger partial charge in [-0.25, -0.2) is 9.97 Å². The molecule has 2 rings (SSSR count). The number of aromatic nitrogens is 2. The maximum Gasteiger partial charge on any atom is 0.128 e. The summed E-state index contributed by atoms with van der Waals surface area (Å²) in [4.78, 5) is 8.91. The molecule has 0 aromatic carbocycles. The fraction of sp³-hybridized carbons (Fsp3) is 0.692. The van der Waals surface area contributed by atoms with Crippen molar-refractivity contribution in [2.24, 2.45) is 5.92 Å². The summed E-state index contributed by atoms with van der Waals surface area (Å²) >= 11 is 0. The van der Waals surface area contributed by atoms with Gasteiger partial charge in [0.05, 0.1) is 5.69 Å².